The van der Waals surface area contributed by atoms with Gasteiger partial charge in [-0.25, -0.2) is 14.4 Å². The normalized spacial score (nSPS) is 12.2. The quantitative estimate of drug-likeness (QED) is 0.426. The van der Waals surface area contributed by atoms with E-state index in [1.165, 1.54) is 12.1 Å². The van der Waals surface area contributed by atoms with E-state index in [4.69, 9.17) is 9.97 Å². The zero-order chi connectivity index (χ0) is 20.8. The van der Waals surface area contributed by atoms with E-state index in [1.54, 1.807) is 12.3 Å². The number of halogens is 1. The Labute approximate surface area is 165 Å². The van der Waals surface area contributed by atoms with Crippen LogP contribution >= 0.6 is 0 Å². The van der Waals surface area contributed by atoms with Crippen LogP contribution in [-0.2, 0) is 10.2 Å². The second kappa shape index (κ2) is 6.95. The summed E-state index contributed by atoms with van der Waals surface area (Å²) in [7, 11) is 0. The number of rotatable bonds is 6. The summed E-state index contributed by atoms with van der Waals surface area (Å²) in [4.78, 5) is 33.3. The summed E-state index contributed by atoms with van der Waals surface area (Å²) in [6.07, 6.45) is 3.43. The molecule has 150 valence electrons. The summed E-state index contributed by atoms with van der Waals surface area (Å²) in [5.41, 5.74) is 0.287. The SMILES string of the molecule is CCC(CC)(CCC(=O)O)c1nc2c3ccc(F)cc3c3c(=O)[nH][nH]cc3c2n1. The largest absolute Gasteiger partial charge is 0.481 e. The van der Waals surface area contributed by atoms with Crippen molar-refractivity contribution in [3.63, 3.8) is 0 Å². The number of H-pyrrole nitrogens is 2. The van der Waals surface area contributed by atoms with Crippen LogP contribution in [0.3, 0.4) is 0 Å². The number of aliphatic carboxylic acids is 1. The van der Waals surface area contributed by atoms with Crippen LogP contribution in [0.2, 0.25) is 0 Å². The molecule has 0 amide bonds. The summed E-state index contributed by atoms with van der Waals surface area (Å²) in [5.74, 6) is -0.736. The molecule has 0 spiro atoms. The zero-order valence-corrected chi connectivity index (χ0v) is 16.2. The van der Waals surface area contributed by atoms with Crippen molar-refractivity contribution in [3.05, 3.63) is 46.4 Å². The molecule has 0 bridgehead atoms. The minimum absolute atomic E-state index is 0.0206. The molecule has 0 aliphatic rings. The maximum atomic E-state index is 14.0. The Morgan fingerprint density at radius 2 is 1.83 bits per heavy atom. The smallest absolute Gasteiger partial charge is 0.303 e. The second-order valence-electron chi connectivity index (χ2n) is 7.35. The van der Waals surface area contributed by atoms with Crippen molar-refractivity contribution in [1.29, 1.82) is 0 Å². The number of imidazole rings is 1. The Morgan fingerprint density at radius 1 is 1.14 bits per heavy atom. The fraction of sp³-hybridized carbons (Fsp3) is 0.333. The van der Waals surface area contributed by atoms with Crippen LogP contribution in [0.1, 0.15) is 45.4 Å². The number of carboxylic acids is 1. The average Bonchev–Trinajstić information content (AvgIpc) is 3.15. The van der Waals surface area contributed by atoms with Crippen LogP contribution in [0.5, 0.6) is 0 Å². The lowest BCUT2D eigenvalue weighted by molar-refractivity contribution is -0.137. The number of aromatic amines is 2. The van der Waals surface area contributed by atoms with E-state index >= 15 is 0 Å². The van der Waals surface area contributed by atoms with Crippen LogP contribution in [-0.4, -0.2) is 31.2 Å². The van der Waals surface area contributed by atoms with Gasteiger partial charge in [0.2, 0.25) is 0 Å². The first kappa shape index (κ1) is 19.0. The van der Waals surface area contributed by atoms with Crippen LogP contribution in [0.15, 0.2) is 29.2 Å². The fourth-order valence-corrected chi connectivity index (χ4v) is 4.15. The first-order valence-electron chi connectivity index (χ1n) is 9.61. The molecule has 0 radical (unpaired) electrons. The first-order chi connectivity index (χ1) is 13.9. The highest BCUT2D eigenvalue weighted by atomic mass is 19.1. The van der Waals surface area contributed by atoms with E-state index in [0.29, 0.717) is 57.7 Å². The lowest BCUT2D eigenvalue weighted by Crippen LogP contribution is -2.27. The molecule has 4 aromatic rings. The third-order valence-electron chi connectivity index (χ3n) is 5.96. The topological polar surface area (TPSA) is 112 Å². The third-order valence-corrected chi connectivity index (χ3v) is 5.96. The van der Waals surface area contributed by atoms with Crippen molar-refractivity contribution in [2.24, 2.45) is 0 Å². The summed E-state index contributed by atoms with van der Waals surface area (Å²) in [6, 6.07) is 4.28. The van der Waals surface area contributed by atoms with Crippen LogP contribution < -0.4 is 5.56 Å². The zero-order valence-electron chi connectivity index (χ0n) is 16.2. The lowest BCUT2D eigenvalue weighted by Gasteiger charge is -2.28. The van der Waals surface area contributed by atoms with Crippen molar-refractivity contribution >= 4 is 38.5 Å². The monoisotopic (exact) mass is 396 g/mol. The van der Waals surface area contributed by atoms with Gasteiger partial charge in [-0.15, -0.1) is 0 Å². The van der Waals surface area contributed by atoms with Crippen LogP contribution in [0.4, 0.5) is 4.39 Å². The number of nitrogens with one attached hydrogen (secondary N) is 2. The minimum atomic E-state index is -0.861. The molecule has 7 nitrogen and oxygen atoms in total. The molecule has 0 atom stereocenters. The van der Waals surface area contributed by atoms with E-state index in [9.17, 15) is 19.1 Å². The van der Waals surface area contributed by atoms with Crippen molar-refractivity contribution in [2.45, 2.75) is 44.9 Å². The standard InChI is InChI=1S/C21H21FN4O3/c1-3-21(4-2,8-7-15(27)28)20-24-17-12-6-5-11(22)9-13(12)16-14(18(17)25-20)10-23-26-19(16)29/h5-6,9-10,23H,3-4,7-8H2,1-2H3,(H,26,29)(H,27,28). The molecule has 2 heterocycles. The summed E-state index contributed by atoms with van der Waals surface area (Å²) < 4.78 is 14.0. The first-order valence-corrected chi connectivity index (χ1v) is 9.61. The van der Waals surface area contributed by atoms with E-state index in [0.717, 1.165) is 0 Å². The van der Waals surface area contributed by atoms with Gasteiger partial charge < -0.3 is 10.2 Å². The maximum Gasteiger partial charge on any atom is 0.303 e. The van der Waals surface area contributed by atoms with Crippen molar-refractivity contribution in [1.82, 2.24) is 20.2 Å². The van der Waals surface area contributed by atoms with E-state index in [-0.39, 0.29) is 12.0 Å². The molecule has 0 fully saturated rings. The van der Waals surface area contributed by atoms with Gasteiger partial charge in [-0.05, 0) is 37.5 Å². The Balaban J connectivity index is 2.09. The molecule has 0 aliphatic carbocycles. The molecule has 0 unspecified atom stereocenters. The van der Waals surface area contributed by atoms with Gasteiger partial charge in [0.15, 0.2) is 0 Å². The fourth-order valence-electron chi connectivity index (χ4n) is 4.15. The maximum absolute atomic E-state index is 14.0. The number of fused-ring (bicyclic) bond motifs is 6. The third kappa shape index (κ3) is 2.95. The number of benzene rings is 2. The van der Waals surface area contributed by atoms with E-state index in [1.807, 2.05) is 13.8 Å². The van der Waals surface area contributed by atoms with Gasteiger partial charge in [0.05, 0.1) is 10.9 Å². The van der Waals surface area contributed by atoms with Gasteiger partial charge in [-0.3, -0.25) is 14.7 Å². The molecule has 0 saturated heterocycles. The number of nitrogens with zero attached hydrogens (tertiary/aromatic N) is 2. The lowest BCUT2D eigenvalue weighted by atomic mass is 9.77. The van der Waals surface area contributed by atoms with E-state index < -0.39 is 17.2 Å². The van der Waals surface area contributed by atoms with E-state index in [2.05, 4.69) is 10.2 Å². The predicted molar refractivity (Wildman–Crippen MR) is 109 cm³/mol. The highest BCUT2D eigenvalue weighted by Crippen LogP contribution is 2.39. The number of hydrogen-bond acceptors (Lipinski definition) is 4. The van der Waals surface area contributed by atoms with Gasteiger partial charge >= 0.3 is 5.97 Å². The van der Waals surface area contributed by atoms with Gasteiger partial charge in [-0.1, -0.05) is 13.8 Å². The highest BCUT2D eigenvalue weighted by molar-refractivity contribution is 6.22. The predicted octanol–water partition coefficient (Wildman–Crippen LogP) is 4.01. The van der Waals surface area contributed by atoms with Gasteiger partial charge in [0.25, 0.3) is 5.56 Å². The van der Waals surface area contributed by atoms with Crippen molar-refractivity contribution in [2.75, 3.05) is 0 Å². The molecule has 4 rings (SSSR count). The van der Waals surface area contributed by atoms with Gasteiger partial charge in [0.1, 0.15) is 17.2 Å². The molecular weight excluding hydrogens is 375 g/mol. The second-order valence-corrected chi connectivity index (χ2v) is 7.35. The molecule has 2 aromatic carbocycles. The van der Waals surface area contributed by atoms with Crippen molar-refractivity contribution < 1.29 is 14.3 Å². The molecule has 3 N–H and O–H groups in total. The van der Waals surface area contributed by atoms with Crippen LogP contribution in [0, 0.1) is 5.82 Å². The summed E-state index contributed by atoms with van der Waals surface area (Å²) in [6.45, 7) is 3.99. The molecule has 0 saturated carbocycles. The Morgan fingerprint density at radius 3 is 2.48 bits per heavy atom. The van der Waals surface area contributed by atoms with Crippen LogP contribution in [0.25, 0.3) is 32.6 Å². The molecule has 29 heavy (non-hydrogen) atoms. The van der Waals surface area contributed by atoms with Crippen molar-refractivity contribution in [3.8, 4) is 0 Å². The summed E-state index contributed by atoms with van der Waals surface area (Å²) in [5, 5.41) is 16.4. The minimum Gasteiger partial charge on any atom is -0.481 e. The Hall–Kier alpha value is -3.29. The highest BCUT2D eigenvalue weighted by Gasteiger charge is 2.34. The van der Waals surface area contributed by atoms with Gasteiger partial charge in [-0.2, -0.15) is 0 Å². The van der Waals surface area contributed by atoms with Gasteiger partial charge in [0, 0.05) is 34.2 Å². The number of hydrogen-bond donors (Lipinski definition) is 3. The number of aromatic nitrogens is 4. The number of carbonyl (C=O) groups is 1. The molecule has 0 aliphatic heterocycles. The molecule has 8 heteroatoms. The Bertz CT molecular complexity index is 1300. The summed E-state index contributed by atoms with van der Waals surface area (Å²) >= 11 is 0. The Kier molecular flexibility index (Phi) is 4.56. The number of carboxylic acid groups (broad SMARTS) is 1. The molecule has 2 aromatic heterocycles. The average molecular weight is 396 g/mol. The molecular formula is C21H21FN4O3.